The monoisotopic (exact) mass is 361 g/mol. The zero-order chi connectivity index (χ0) is 12.3. The Morgan fingerprint density at radius 3 is 2.24 bits per heavy atom. The van der Waals surface area contributed by atoms with Gasteiger partial charge in [-0.1, -0.05) is 0 Å². The molecule has 17 heavy (non-hydrogen) atoms. The number of nitrogens with one attached hydrogen (secondary N) is 1. The van der Waals surface area contributed by atoms with Gasteiger partial charge >= 0.3 is 0 Å². The minimum atomic E-state index is -3.61. The molecule has 0 fully saturated rings. The maximum Gasteiger partial charge on any atom is 0.264 e. The first-order valence-electron chi connectivity index (χ1n) is 4.63. The van der Waals surface area contributed by atoms with E-state index in [2.05, 4.69) is 37.3 Å². The molecule has 0 bridgehead atoms. The van der Waals surface area contributed by atoms with Crippen molar-refractivity contribution < 1.29 is 8.42 Å². The minimum Gasteiger partial charge on any atom is -0.247 e. The molecular weight excluding hydrogens is 353 g/mol. The van der Waals surface area contributed by atoms with Crippen LogP contribution >= 0.6 is 22.6 Å². The smallest absolute Gasteiger partial charge is 0.247 e. The molecule has 1 heterocycles. The Hall–Kier alpha value is -1.22. The summed E-state index contributed by atoms with van der Waals surface area (Å²) in [6, 6.07) is 8.13. The third kappa shape index (κ3) is 3.13. The van der Waals surface area contributed by atoms with Crippen LogP contribution in [0.25, 0.3) is 0 Å². The van der Waals surface area contributed by atoms with Gasteiger partial charge in [-0.2, -0.15) is 0 Å². The molecule has 1 aromatic heterocycles. The van der Waals surface area contributed by atoms with Gasteiger partial charge in [-0.25, -0.2) is 23.1 Å². The van der Waals surface area contributed by atoms with Gasteiger partial charge in [0, 0.05) is 16.0 Å². The highest BCUT2D eigenvalue weighted by Crippen LogP contribution is 2.14. The van der Waals surface area contributed by atoms with Crippen molar-refractivity contribution in [2.75, 3.05) is 4.72 Å². The number of nitrogens with zero attached hydrogens (tertiary/aromatic N) is 2. The summed E-state index contributed by atoms with van der Waals surface area (Å²) in [4.78, 5) is 7.79. The molecule has 1 N–H and O–H groups in total. The van der Waals surface area contributed by atoms with E-state index in [1.165, 1.54) is 24.5 Å². The lowest BCUT2D eigenvalue weighted by molar-refractivity contribution is 0.601. The quantitative estimate of drug-likeness (QED) is 0.848. The van der Waals surface area contributed by atoms with Gasteiger partial charge in [0.15, 0.2) is 0 Å². The molecule has 88 valence electrons. The average Bonchev–Trinajstić information content (AvgIpc) is 2.30. The van der Waals surface area contributed by atoms with Crippen molar-refractivity contribution >= 4 is 38.6 Å². The summed E-state index contributed by atoms with van der Waals surface area (Å²) in [5.41, 5.74) is 0. The largest absolute Gasteiger partial charge is 0.264 e. The molecule has 0 radical (unpaired) electrons. The van der Waals surface area contributed by atoms with Gasteiger partial charge < -0.3 is 0 Å². The molecule has 0 saturated carbocycles. The maximum absolute atomic E-state index is 11.9. The Kier molecular flexibility index (Phi) is 3.57. The molecule has 0 aliphatic heterocycles. The van der Waals surface area contributed by atoms with E-state index in [1.54, 1.807) is 18.2 Å². The van der Waals surface area contributed by atoms with Crippen molar-refractivity contribution in [3.63, 3.8) is 0 Å². The first-order chi connectivity index (χ1) is 8.08. The number of hydrogen-bond donors (Lipinski definition) is 1. The fourth-order valence-electron chi connectivity index (χ4n) is 1.14. The first kappa shape index (κ1) is 12.2. The zero-order valence-corrected chi connectivity index (χ0v) is 11.5. The van der Waals surface area contributed by atoms with Crippen LogP contribution in [0.4, 0.5) is 5.95 Å². The number of halogens is 1. The Morgan fingerprint density at radius 1 is 1.06 bits per heavy atom. The molecule has 7 heteroatoms. The summed E-state index contributed by atoms with van der Waals surface area (Å²) >= 11 is 2.11. The second-order valence-electron chi connectivity index (χ2n) is 3.13. The van der Waals surface area contributed by atoms with Crippen LogP contribution in [0, 0.1) is 3.57 Å². The van der Waals surface area contributed by atoms with Crippen LogP contribution < -0.4 is 4.72 Å². The van der Waals surface area contributed by atoms with E-state index in [0.717, 1.165) is 3.57 Å². The fraction of sp³-hybridized carbons (Fsp3) is 0. The zero-order valence-electron chi connectivity index (χ0n) is 8.54. The second kappa shape index (κ2) is 4.96. The van der Waals surface area contributed by atoms with E-state index in [0.29, 0.717) is 0 Å². The van der Waals surface area contributed by atoms with Gasteiger partial charge in [-0.3, -0.25) is 0 Å². The maximum atomic E-state index is 11.9. The topological polar surface area (TPSA) is 72.0 Å². The van der Waals surface area contributed by atoms with E-state index in [-0.39, 0.29) is 10.8 Å². The van der Waals surface area contributed by atoms with Crippen LogP contribution in [-0.4, -0.2) is 18.4 Å². The van der Waals surface area contributed by atoms with Crippen LogP contribution in [-0.2, 0) is 10.0 Å². The number of aromatic nitrogens is 2. The summed E-state index contributed by atoms with van der Waals surface area (Å²) in [5.74, 6) is 0.0612. The second-order valence-corrected chi connectivity index (χ2v) is 6.06. The number of sulfonamides is 1. The third-order valence-corrected chi connectivity index (χ3v) is 3.98. The van der Waals surface area contributed by atoms with Crippen LogP contribution in [0.1, 0.15) is 0 Å². The summed E-state index contributed by atoms with van der Waals surface area (Å²) in [6.45, 7) is 0. The van der Waals surface area contributed by atoms with E-state index < -0.39 is 10.0 Å². The van der Waals surface area contributed by atoms with Crippen molar-refractivity contribution in [2.24, 2.45) is 0 Å². The number of anilines is 1. The highest BCUT2D eigenvalue weighted by molar-refractivity contribution is 14.1. The predicted octanol–water partition coefficient (Wildman–Crippen LogP) is 1.88. The van der Waals surface area contributed by atoms with Crippen LogP contribution in [0.3, 0.4) is 0 Å². The molecule has 0 amide bonds. The molecule has 5 nitrogen and oxygen atoms in total. The molecule has 0 saturated heterocycles. The third-order valence-electron chi connectivity index (χ3n) is 1.92. The summed E-state index contributed by atoms with van der Waals surface area (Å²) in [5, 5.41) is 0. The van der Waals surface area contributed by atoms with E-state index in [4.69, 9.17) is 0 Å². The molecule has 2 rings (SSSR count). The van der Waals surface area contributed by atoms with Crippen molar-refractivity contribution in [3.05, 3.63) is 46.3 Å². The lowest BCUT2D eigenvalue weighted by atomic mass is 10.4. The molecule has 1 aromatic carbocycles. The Balaban J connectivity index is 2.29. The highest BCUT2D eigenvalue weighted by Gasteiger charge is 2.14. The standard InChI is InChI=1S/C10H8IN3O2S/c11-8-2-4-9(5-3-8)17(15,16)14-10-12-6-1-7-13-10/h1-7H,(H,12,13,14). The Labute approximate surface area is 113 Å². The van der Waals surface area contributed by atoms with Crippen molar-refractivity contribution in [3.8, 4) is 0 Å². The normalized spacial score (nSPS) is 11.1. The predicted molar refractivity (Wildman–Crippen MR) is 72.0 cm³/mol. The van der Waals surface area contributed by atoms with Gasteiger partial charge in [0.05, 0.1) is 4.90 Å². The van der Waals surface area contributed by atoms with Gasteiger partial charge in [0.25, 0.3) is 10.0 Å². The van der Waals surface area contributed by atoms with Crippen molar-refractivity contribution in [2.45, 2.75) is 4.90 Å². The molecule has 0 unspecified atom stereocenters. The molecule has 0 aliphatic carbocycles. The molecule has 2 aromatic rings. The number of benzene rings is 1. The lowest BCUT2D eigenvalue weighted by Gasteiger charge is -2.05. The van der Waals surface area contributed by atoms with Gasteiger partial charge in [0.2, 0.25) is 5.95 Å². The van der Waals surface area contributed by atoms with Crippen LogP contribution in [0.2, 0.25) is 0 Å². The summed E-state index contributed by atoms with van der Waals surface area (Å²) < 4.78 is 27.1. The molecular formula is C10H8IN3O2S. The van der Waals surface area contributed by atoms with Crippen molar-refractivity contribution in [1.82, 2.24) is 9.97 Å². The summed E-state index contributed by atoms with van der Waals surface area (Å²) in [6.07, 6.45) is 2.94. The van der Waals surface area contributed by atoms with Gasteiger partial charge in [-0.15, -0.1) is 0 Å². The lowest BCUT2D eigenvalue weighted by Crippen LogP contribution is -2.14. The number of rotatable bonds is 3. The Morgan fingerprint density at radius 2 is 1.65 bits per heavy atom. The van der Waals surface area contributed by atoms with E-state index in [9.17, 15) is 8.42 Å². The van der Waals surface area contributed by atoms with E-state index in [1.807, 2.05) is 0 Å². The highest BCUT2D eigenvalue weighted by atomic mass is 127. The van der Waals surface area contributed by atoms with E-state index >= 15 is 0 Å². The van der Waals surface area contributed by atoms with Crippen LogP contribution in [0.5, 0.6) is 0 Å². The van der Waals surface area contributed by atoms with Crippen molar-refractivity contribution in [1.29, 1.82) is 0 Å². The van der Waals surface area contributed by atoms with Gasteiger partial charge in [-0.05, 0) is 52.9 Å². The Bertz CT molecular complexity index is 599. The van der Waals surface area contributed by atoms with Crippen LogP contribution in [0.15, 0.2) is 47.6 Å². The van der Waals surface area contributed by atoms with Gasteiger partial charge in [0.1, 0.15) is 0 Å². The number of hydrogen-bond acceptors (Lipinski definition) is 4. The SMILES string of the molecule is O=S(=O)(Nc1ncccn1)c1ccc(I)cc1. The summed E-state index contributed by atoms with van der Waals surface area (Å²) in [7, 11) is -3.61. The molecule has 0 aliphatic rings. The fourth-order valence-corrected chi connectivity index (χ4v) is 2.46. The average molecular weight is 361 g/mol. The molecule has 0 atom stereocenters. The minimum absolute atomic E-state index is 0.0612. The first-order valence-corrected chi connectivity index (χ1v) is 7.19. The molecule has 0 spiro atoms.